The lowest BCUT2D eigenvalue weighted by Crippen LogP contribution is -2.10. The molecule has 0 saturated carbocycles. The minimum absolute atomic E-state index is 0.201. The molecule has 0 radical (unpaired) electrons. The molecule has 0 amide bonds. The van der Waals surface area contributed by atoms with Gasteiger partial charge in [0.25, 0.3) is 5.89 Å². The summed E-state index contributed by atoms with van der Waals surface area (Å²) in [7, 11) is -3.42. The third-order valence-corrected chi connectivity index (χ3v) is 3.91. The van der Waals surface area contributed by atoms with Crippen molar-refractivity contribution in [1.29, 1.82) is 0 Å². The third-order valence-electron chi connectivity index (χ3n) is 2.99. The molecule has 0 fully saturated rings. The molecule has 0 atom stereocenters. The highest BCUT2D eigenvalue weighted by Crippen LogP contribution is 2.31. The standard InChI is InChI=1S/C15H12ClN3O3S/c1-23(20,21)19-13-9-5-3-7-11(13)15-17-14(18-22-15)10-6-2-4-8-12(10)16/h2-9,19H,1H3. The van der Waals surface area contributed by atoms with Crippen molar-refractivity contribution in [3.8, 4) is 22.8 Å². The smallest absolute Gasteiger partial charge is 0.260 e. The molecular formula is C15H12ClN3O3S. The largest absolute Gasteiger partial charge is 0.334 e. The molecule has 6 nitrogen and oxygen atoms in total. The van der Waals surface area contributed by atoms with Gasteiger partial charge in [-0.15, -0.1) is 0 Å². The summed E-state index contributed by atoms with van der Waals surface area (Å²) in [4.78, 5) is 4.31. The molecule has 0 aliphatic carbocycles. The Balaban J connectivity index is 2.03. The lowest BCUT2D eigenvalue weighted by Gasteiger charge is -2.06. The predicted molar refractivity (Wildman–Crippen MR) is 88.6 cm³/mol. The van der Waals surface area contributed by atoms with Gasteiger partial charge in [0.1, 0.15) is 0 Å². The summed E-state index contributed by atoms with van der Waals surface area (Å²) in [5, 5.41) is 4.42. The number of para-hydroxylation sites is 1. The highest BCUT2D eigenvalue weighted by atomic mass is 35.5. The number of nitrogens with one attached hydrogen (secondary N) is 1. The van der Waals surface area contributed by atoms with Crippen molar-refractivity contribution in [3.63, 3.8) is 0 Å². The van der Waals surface area contributed by atoms with Gasteiger partial charge in [-0.2, -0.15) is 4.98 Å². The van der Waals surface area contributed by atoms with Gasteiger partial charge in [-0.25, -0.2) is 8.42 Å². The predicted octanol–water partition coefficient (Wildman–Crippen LogP) is 3.43. The van der Waals surface area contributed by atoms with Crippen LogP contribution in [0.25, 0.3) is 22.8 Å². The van der Waals surface area contributed by atoms with Gasteiger partial charge >= 0.3 is 0 Å². The number of anilines is 1. The maximum Gasteiger partial charge on any atom is 0.260 e. The van der Waals surface area contributed by atoms with Gasteiger partial charge in [0, 0.05) is 5.56 Å². The first-order valence-corrected chi connectivity index (χ1v) is 8.87. The fourth-order valence-electron chi connectivity index (χ4n) is 2.04. The minimum atomic E-state index is -3.42. The molecule has 1 aromatic heterocycles. The molecule has 1 N–H and O–H groups in total. The van der Waals surface area contributed by atoms with Gasteiger partial charge in [-0.05, 0) is 24.3 Å². The highest BCUT2D eigenvalue weighted by Gasteiger charge is 2.16. The van der Waals surface area contributed by atoms with Crippen LogP contribution in [0.3, 0.4) is 0 Å². The third kappa shape index (κ3) is 3.52. The van der Waals surface area contributed by atoms with Gasteiger partial charge in [0.05, 0.1) is 22.5 Å². The van der Waals surface area contributed by atoms with Crippen molar-refractivity contribution in [2.24, 2.45) is 0 Å². The first kappa shape index (κ1) is 15.5. The van der Waals surface area contributed by atoms with Crippen LogP contribution in [0.4, 0.5) is 5.69 Å². The number of rotatable bonds is 4. The van der Waals surface area contributed by atoms with Crippen molar-refractivity contribution >= 4 is 27.3 Å². The Labute approximate surface area is 138 Å². The van der Waals surface area contributed by atoms with Crippen LogP contribution >= 0.6 is 11.6 Å². The number of hydrogen-bond donors (Lipinski definition) is 1. The molecule has 0 unspecified atom stereocenters. The van der Waals surface area contributed by atoms with E-state index in [1.54, 1.807) is 42.5 Å². The molecule has 8 heteroatoms. The summed E-state index contributed by atoms with van der Waals surface area (Å²) in [5.41, 5.74) is 1.49. The zero-order chi connectivity index (χ0) is 16.4. The Morgan fingerprint density at radius 3 is 2.39 bits per heavy atom. The fourth-order valence-corrected chi connectivity index (χ4v) is 2.84. The molecule has 3 aromatic rings. The Bertz CT molecular complexity index is 954. The summed E-state index contributed by atoms with van der Waals surface area (Å²) in [6.07, 6.45) is 1.08. The zero-order valence-corrected chi connectivity index (χ0v) is 13.6. The van der Waals surface area contributed by atoms with Crippen molar-refractivity contribution in [1.82, 2.24) is 10.1 Å². The Hall–Kier alpha value is -2.38. The highest BCUT2D eigenvalue weighted by molar-refractivity contribution is 7.92. The molecule has 118 valence electrons. The van der Waals surface area contributed by atoms with E-state index in [-0.39, 0.29) is 5.89 Å². The summed E-state index contributed by atoms with van der Waals surface area (Å²) in [6.45, 7) is 0. The van der Waals surface area contributed by atoms with Crippen LogP contribution in [-0.2, 0) is 10.0 Å². The van der Waals surface area contributed by atoms with Crippen LogP contribution < -0.4 is 4.72 Å². The quantitative estimate of drug-likeness (QED) is 0.780. The van der Waals surface area contributed by atoms with Gasteiger partial charge in [0.15, 0.2) is 0 Å². The van der Waals surface area contributed by atoms with Crippen molar-refractivity contribution in [2.75, 3.05) is 11.0 Å². The zero-order valence-electron chi connectivity index (χ0n) is 12.0. The second-order valence-corrected chi connectivity index (χ2v) is 6.98. The number of halogens is 1. The normalized spacial score (nSPS) is 11.4. The molecule has 0 spiro atoms. The van der Waals surface area contributed by atoms with E-state index in [9.17, 15) is 8.42 Å². The van der Waals surface area contributed by atoms with E-state index in [0.29, 0.717) is 27.7 Å². The SMILES string of the molecule is CS(=O)(=O)Nc1ccccc1-c1nc(-c2ccccc2Cl)no1. The first-order valence-electron chi connectivity index (χ1n) is 6.60. The average molecular weight is 350 g/mol. The summed E-state index contributed by atoms with van der Waals surface area (Å²) in [6, 6.07) is 13.9. The maximum atomic E-state index is 11.5. The summed E-state index contributed by atoms with van der Waals surface area (Å²) < 4.78 is 30.6. The van der Waals surface area contributed by atoms with E-state index in [2.05, 4.69) is 14.9 Å². The van der Waals surface area contributed by atoms with Crippen molar-refractivity contribution in [3.05, 3.63) is 53.6 Å². The number of sulfonamides is 1. The molecule has 3 rings (SSSR count). The Kier molecular flexibility index (Phi) is 4.06. The summed E-state index contributed by atoms with van der Waals surface area (Å²) in [5.74, 6) is 0.534. The minimum Gasteiger partial charge on any atom is -0.334 e. The van der Waals surface area contributed by atoms with E-state index in [1.165, 1.54) is 0 Å². The van der Waals surface area contributed by atoms with Crippen molar-refractivity contribution < 1.29 is 12.9 Å². The van der Waals surface area contributed by atoms with Gasteiger partial charge in [-0.3, -0.25) is 4.72 Å². The molecule has 2 aromatic carbocycles. The van der Waals surface area contributed by atoms with Crippen LogP contribution in [0.15, 0.2) is 53.1 Å². The molecule has 0 aliphatic heterocycles. The Morgan fingerprint density at radius 1 is 1.04 bits per heavy atom. The first-order chi connectivity index (χ1) is 10.9. The Morgan fingerprint density at radius 2 is 1.70 bits per heavy atom. The number of nitrogens with zero attached hydrogens (tertiary/aromatic N) is 2. The topological polar surface area (TPSA) is 85.1 Å². The lowest BCUT2D eigenvalue weighted by molar-refractivity contribution is 0.432. The monoisotopic (exact) mass is 349 g/mol. The van der Waals surface area contributed by atoms with E-state index < -0.39 is 10.0 Å². The second kappa shape index (κ2) is 6.02. The summed E-state index contributed by atoms with van der Waals surface area (Å²) >= 11 is 6.12. The number of hydrogen-bond acceptors (Lipinski definition) is 5. The molecule has 1 heterocycles. The molecule has 0 aliphatic rings. The molecular weight excluding hydrogens is 338 g/mol. The maximum absolute atomic E-state index is 11.5. The van der Waals surface area contributed by atoms with E-state index in [1.807, 2.05) is 6.07 Å². The van der Waals surface area contributed by atoms with E-state index >= 15 is 0 Å². The van der Waals surface area contributed by atoms with Crippen LogP contribution in [-0.4, -0.2) is 24.8 Å². The van der Waals surface area contributed by atoms with Crippen LogP contribution in [0, 0.1) is 0 Å². The van der Waals surface area contributed by atoms with Gasteiger partial charge < -0.3 is 4.52 Å². The van der Waals surface area contributed by atoms with Gasteiger partial charge in [-0.1, -0.05) is 41.0 Å². The van der Waals surface area contributed by atoms with Crippen LogP contribution in [0.5, 0.6) is 0 Å². The van der Waals surface area contributed by atoms with Crippen LogP contribution in [0.1, 0.15) is 0 Å². The van der Waals surface area contributed by atoms with E-state index in [0.717, 1.165) is 6.26 Å². The molecule has 0 saturated heterocycles. The average Bonchev–Trinajstić information content (AvgIpc) is 2.96. The lowest BCUT2D eigenvalue weighted by atomic mass is 10.2. The number of benzene rings is 2. The van der Waals surface area contributed by atoms with Crippen molar-refractivity contribution in [2.45, 2.75) is 0 Å². The number of aromatic nitrogens is 2. The molecule has 0 bridgehead atoms. The van der Waals surface area contributed by atoms with Gasteiger partial charge in [0.2, 0.25) is 15.8 Å². The van der Waals surface area contributed by atoms with E-state index in [4.69, 9.17) is 16.1 Å². The second-order valence-electron chi connectivity index (χ2n) is 4.82. The fraction of sp³-hybridized carbons (Fsp3) is 0.0667. The van der Waals surface area contributed by atoms with Crippen LogP contribution in [0.2, 0.25) is 5.02 Å². The molecule has 23 heavy (non-hydrogen) atoms.